The fourth-order valence-electron chi connectivity index (χ4n) is 2.61. The van der Waals surface area contributed by atoms with Crippen LogP contribution in [0.3, 0.4) is 0 Å². The maximum absolute atomic E-state index is 12.1. The van der Waals surface area contributed by atoms with Crippen LogP contribution in [-0.4, -0.2) is 16.7 Å². The second kappa shape index (κ2) is 7.40. The average molecular weight is 356 g/mol. The number of hydrogen-bond donors (Lipinski definition) is 1. The van der Waals surface area contributed by atoms with Crippen LogP contribution in [0.15, 0.2) is 58.2 Å². The summed E-state index contributed by atoms with van der Waals surface area (Å²) >= 11 is 5.89. The summed E-state index contributed by atoms with van der Waals surface area (Å²) < 4.78 is 7.54. The van der Waals surface area contributed by atoms with Crippen LogP contribution in [0.2, 0.25) is 5.02 Å². The Kier molecular flexibility index (Phi) is 5.05. The summed E-state index contributed by atoms with van der Waals surface area (Å²) in [5, 5.41) is 4.57. The molecule has 0 fully saturated rings. The van der Waals surface area contributed by atoms with E-state index in [2.05, 4.69) is 15.1 Å². The zero-order valence-corrected chi connectivity index (χ0v) is 14.7. The molecule has 0 aliphatic carbocycles. The van der Waals surface area contributed by atoms with E-state index in [0.29, 0.717) is 17.1 Å². The van der Waals surface area contributed by atoms with Gasteiger partial charge < -0.3 is 8.98 Å². The number of nitrogens with zero attached hydrogens (tertiary/aromatic N) is 2. The molecule has 1 N–H and O–H groups in total. The van der Waals surface area contributed by atoms with Crippen molar-refractivity contribution >= 4 is 23.7 Å². The van der Waals surface area contributed by atoms with Gasteiger partial charge in [0.05, 0.1) is 19.0 Å². The summed E-state index contributed by atoms with van der Waals surface area (Å²) in [7, 11) is 0. The van der Waals surface area contributed by atoms with Gasteiger partial charge in [-0.3, -0.25) is 4.79 Å². The van der Waals surface area contributed by atoms with Crippen molar-refractivity contribution in [2.24, 2.45) is 5.10 Å². The monoisotopic (exact) mass is 355 g/mol. The number of furan rings is 1. The molecule has 2 aromatic heterocycles. The van der Waals surface area contributed by atoms with Crippen LogP contribution < -0.4 is 5.43 Å². The normalized spacial score (nSPS) is 11.2. The molecule has 25 heavy (non-hydrogen) atoms. The highest BCUT2D eigenvalue weighted by Gasteiger charge is 2.09. The first-order chi connectivity index (χ1) is 12.0. The van der Waals surface area contributed by atoms with Crippen molar-refractivity contribution in [3.8, 4) is 0 Å². The number of aromatic nitrogens is 1. The molecule has 0 aliphatic heterocycles. The van der Waals surface area contributed by atoms with Gasteiger partial charge in [0, 0.05) is 27.5 Å². The Morgan fingerprint density at radius 2 is 2.12 bits per heavy atom. The molecule has 0 saturated heterocycles. The Bertz CT molecular complexity index is 911. The van der Waals surface area contributed by atoms with Gasteiger partial charge in [0.1, 0.15) is 5.76 Å². The van der Waals surface area contributed by atoms with Gasteiger partial charge in [-0.05, 0) is 50.2 Å². The largest absolute Gasteiger partial charge is 0.467 e. The SMILES string of the molecule is Cc1cc(/C=N\NC(=O)c2cccc(Cl)c2)c(C)n1Cc1ccco1. The van der Waals surface area contributed by atoms with Crippen LogP contribution in [-0.2, 0) is 6.54 Å². The lowest BCUT2D eigenvalue weighted by Crippen LogP contribution is -2.17. The van der Waals surface area contributed by atoms with Crippen molar-refractivity contribution in [2.45, 2.75) is 20.4 Å². The van der Waals surface area contributed by atoms with E-state index in [0.717, 1.165) is 22.7 Å². The maximum Gasteiger partial charge on any atom is 0.271 e. The number of carbonyl (C=O) groups is 1. The number of hydrazone groups is 1. The first-order valence-corrected chi connectivity index (χ1v) is 8.20. The molecule has 0 bridgehead atoms. The molecule has 6 heteroatoms. The average Bonchev–Trinajstić information content (AvgIpc) is 3.19. The molecule has 0 radical (unpaired) electrons. The van der Waals surface area contributed by atoms with Crippen LogP contribution in [0.25, 0.3) is 0 Å². The Morgan fingerprint density at radius 1 is 1.28 bits per heavy atom. The molecule has 0 spiro atoms. The molecule has 128 valence electrons. The standard InChI is InChI=1S/C19H18ClN3O2/c1-13-9-16(14(2)23(13)12-18-7-4-8-25-18)11-21-22-19(24)15-5-3-6-17(20)10-15/h3-11H,12H2,1-2H3,(H,22,24)/b21-11-. The minimum absolute atomic E-state index is 0.303. The van der Waals surface area contributed by atoms with E-state index in [4.69, 9.17) is 16.0 Å². The second-order valence-corrected chi connectivity index (χ2v) is 6.14. The van der Waals surface area contributed by atoms with Gasteiger partial charge in [0.2, 0.25) is 0 Å². The van der Waals surface area contributed by atoms with Crippen molar-refractivity contribution in [3.05, 3.63) is 82.0 Å². The number of hydrogen-bond acceptors (Lipinski definition) is 3. The molecule has 1 aromatic carbocycles. The van der Waals surface area contributed by atoms with Gasteiger partial charge in [0.25, 0.3) is 5.91 Å². The van der Waals surface area contributed by atoms with E-state index < -0.39 is 0 Å². The van der Waals surface area contributed by atoms with Gasteiger partial charge in [-0.15, -0.1) is 0 Å². The van der Waals surface area contributed by atoms with Crippen LogP contribution in [0.5, 0.6) is 0 Å². The fraction of sp³-hybridized carbons (Fsp3) is 0.158. The molecule has 5 nitrogen and oxygen atoms in total. The Morgan fingerprint density at radius 3 is 2.84 bits per heavy atom. The van der Waals surface area contributed by atoms with Crippen LogP contribution >= 0.6 is 11.6 Å². The zero-order valence-electron chi connectivity index (χ0n) is 14.0. The van der Waals surface area contributed by atoms with E-state index in [1.54, 1.807) is 36.7 Å². The summed E-state index contributed by atoms with van der Waals surface area (Å²) in [6, 6.07) is 12.6. The fourth-order valence-corrected chi connectivity index (χ4v) is 2.81. The van der Waals surface area contributed by atoms with Crippen molar-refractivity contribution in [1.82, 2.24) is 9.99 Å². The van der Waals surface area contributed by atoms with Crippen LogP contribution in [0.4, 0.5) is 0 Å². The van der Waals surface area contributed by atoms with Gasteiger partial charge in [0.15, 0.2) is 0 Å². The second-order valence-electron chi connectivity index (χ2n) is 5.70. The van der Waals surface area contributed by atoms with Gasteiger partial charge in [-0.1, -0.05) is 17.7 Å². The van der Waals surface area contributed by atoms with Crippen molar-refractivity contribution < 1.29 is 9.21 Å². The molecule has 0 aliphatic rings. The molecular weight excluding hydrogens is 338 g/mol. The summed E-state index contributed by atoms with van der Waals surface area (Å²) in [4.78, 5) is 12.1. The molecular formula is C19H18ClN3O2. The van der Waals surface area contributed by atoms with E-state index in [1.165, 1.54) is 0 Å². The molecule has 3 aromatic rings. The summed E-state index contributed by atoms with van der Waals surface area (Å²) in [5.41, 5.74) is 6.07. The molecule has 0 atom stereocenters. The number of benzene rings is 1. The lowest BCUT2D eigenvalue weighted by atomic mass is 10.2. The predicted molar refractivity (Wildman–Crippen MR) is 98.2 cm³/mol. The van der Waals surface area contributed by atoms with Gasteiger partial charge >= 0.3 is 0 Å². The van der Waals surface area contributed by atoms with Gasteiger partial charge in [-0.25, -0.2) is 5.43 Å². The predicted octanol–water partition coefficient (Wildman–Crippen LogP) is 4.16. The van der Waals surface area contributed by atoms with E-state index >= 15 is 0 Å². The summed E-state index contributed by atoms with van der Waals surface area (Å²) in [5.74, 6) is 0.586. The highest BCUT2D eigenvalue weighted by molar-refractivity contribution is 6.30. The van der Waals surface area contributed by atoms with E-state index in [9.17, 15) is 4.79 Å². The lowest BCUT2D eigenvalue weighted by Gasteiger charge is -2.07. The van der Waals surface area contributed by atoms with Crippen molar-refractivity contribution in [2.75, 3.05) is 0 Å². The number of aryl methyl sites for hydroxylation is 1. The number of amides is 1. The third kappa shape index (κ3) is 4.00. The smallest absolute Gasteiger partial charge is 0.271 e. The quantitative estimate of drug-likeness (QED) is 0.551. The minimum Gasteiger partial charge on any atom is -0.467 e. The molecule has 1 amide bonds. The Hall–Kier alpha value is -2.79. The maximum atomic E-state index is 12.1. The molecule has 0 saturated carbocycles. The highest BCUT2D eigenvalue weighted by Crippen LogP contribution is 2.16. The third-order valence-corrected chi connectivity index (χ3v) is 4.20. The molecule has 0 unspecified atom stereocenters. The first kappa shape index (κ1) is 17.0. The molecule has 2 heterocycles. The Balaban J connectivity index is 1.70. The summed E-state index contributed by atoms with van der Waals surface area (Å²) in [6.07, 6.45) is 3.31. The van der Waals surface area contributed by atoms with E-state index in [1.807, 2.05) is 32.0 Å². The molecule has 3 rings (SSSR count). The van der Waals surface area contributed by atoms with Crippen LogP contribution in [0.1, 0.15) is 33.1 Å². The first-order valence-electron chi connectivity index (χ1n) is 7.82. The third-order valence-electron chi connectivity index (χ3n) is 3.96. The van der Waals surface area contributed by atoms with Crippen LogP contribution in [0, 0.1) is 13.8 Å². The Labute approximate surface area is 150 Å². The van der Waals surface area contributed by atoms with E-state index in [-0.39, 0.29) is 5.91 Å². The highest BCUT2D eigenvalue weighted by atomic mass is 35.5. The lowest BCUT2D eigenvalue weighted by molar-refractivity contribution is 0.0955. The van der Waals surface area contributed by atoms with Crippen molar-refractivity contribution in [1.29, 1.82) is 0 Å². The summed E-state index contributed by atoms with van der Waals surface area (Å²) in [6.45, 7) is 4.70. The number of rotatable bonds is 5. The number of nitrogens with one attached hydrogen (secondary N) is 1. The minimum atomic E-state index is -0.303. The van der Waals surface area contributed by atoms with Gasteiger partial charge in [-0.2, -0.15) is 5.10 Å². The topological polar surface area (TPSA) is 59.5 Å². The zero-order chi connectivity index (χ0) is 17.8. The number of carbonyl (C=O) groups excluding carboxylic acids is 1. The van der Waals surface area contributed by atoms with Crippen molar-refractivity contribution in [3.63, 3.8) is 0 Å². The number of halogens is 1.